The van der Waals surface area contributed by atoms with Crippen molar-refractivity contribution < 1.29 is 9.53 Å². The Hall–Kier alpha value is -2.21. The normalized spacial score (nSPS) is 19.7. The van der Waals surface area contributed by atoms with E-state index in [9.17, 15) is 4.79 Å². The Bertz CT molecular complexity index is 838. The third kappa shape index (κ3) is 5.24. The van der Waals surface area contributed by atoms with E-state index in [-0.39, 0.29) is 12.1 Å². The zero-order valence-corrected chi connectivity index (χ0v) is 18.3. The molecule has 2 unspecified atom stereocenters. The van der Waals surface area contributed by atoms with Gasteiger partial charge >= 0.3 is 6.03 Å². The van der Waals surface area contributed by atoms with Gasteiger partial charge in [-0.2, -0.15) is 0 Å². The van der Waals surface area contributed by atoms with Gasteiger partial charge in [-0.25, -0.2) is 4.79 Å². The van der Waals surface area contributed by atoms with Crippen LogP contribution in [0.25, 0.3) is 0 Å². The first kappa shape index (κ1) is 20.1. The molecule has 2 aliphatic rings. The third-order valence-electron chi connectivity index (χ3n) is 5.87. The molecule has 0 spiro atoms. The topological polar surface area (TPSA) is 53.6 Å². The highest BCUT2D eigenvalue weighted by atomic mass is 79.9. The van der Waals surface area contributed by atoms with Gasteiger partial charge in [-0.15, -0.1) is 0 Å². The summed E-state index contributed by atoms with van der Waals surface area (Å²) in [7, 11) is 1.67. The van der Waals surface area contributed by atoms with Crippen LogP contribution in [0.4, 0.5) is 10.5 Å². The lowest BCUT2D eigenvalue weighted by atomic mass is 10.0. The van der Waals surface area contributed by atoms with Crippen LogP contribution in [0.2, 0.25) is 0 Å². The Morgan fingerprint density at radius 1 is 1.21 bits per heavy atom. The molecule has 4 rings (SSSR count). The van der Waals surface area contributed by atoms with Crippen molar-refractivity contribution in [2.75, 3.05) is 31.6 Å². The Balaban J connectivity index is 1.28. The number of hydrogen-bond donors (Lipinski definition) is 2. The maximum Gasteiger partial charge on any atom is 0.315 e. The molecule has 0 radical (unpaired) electrons. The zero-order valence-electron chi connectivity index (χ0n) is 16.7. The molecule has 2 aromatic carbocycles. The molecule has 5 nitrogen and oxygen atoms in total. The lowest BCUT2D eigenvalue weighted by molar-refractivity contribution is 0.234. The molecule has 1 saturated carbocycles. The van der Waals surface area contributed by atoms with Gasteiger partial charge in [-0.05, 0) is 67.0 Å². The molecule has 6 heteroatoms. The molecule has 1 aliphatic carbocycles. The molecule has 2 N–H and O–H groups in total. The lowest BCUT2D eigenvalue weighted by Gasteiger charge is -2.21. The van der Waals surface area contributed by atoms with E-state index in [2.05, 4.69) is 61.8 Å². The molecular formula is C23H28BrN3O2. The number of benzene rings is 2. The lowest BCUT2D eigenvalue weighted by Crippen LogP contribution is -2.41. The molecule has 2 aromatic rings. The molecule has 2 amide bonds. The molecule has 29 heavy (non-hydrogen) atoms. The van der Waals surface area contributed by atoms with E-state index in [4.69, 9.17) is 4.74 Å². The maximum atomic E-state index is 12.6. The van der Waals surface area contributed by atoms with Gasteiger partial charge in [0.1, 0.15) is 5.75 Å². The quantitative estimate of drug-likeness (QED) is 0.631. The number of carbonyl (C=O) groups excluding carboxylic acids is 1. The van der Waals surface area contributed by atoms with Crippen LogP contribution < -0.4 is 20.3 Å². The van der Waals surface area contributed by atoms with Crippen molar-refractivity contribution in [1.29, 1.82) is 0 Å². The summed E-state index contributed by atoms with van der Waals surface area (Å²) >= 11 is 3.54. The van der Waals surface area contributed by atoms with Gasteiger partial charge in [-0.3, -0.25) is 0 Å². The van der Waals surface area contributed by atoms with Crippen LogP contribution >= 0.6 is 15.9 Å². The summed E-state index contributed by atoms with van der Waals surface area (Å²) in [6.07, 6.45) is 3.43. The molecule has 2 atom stereocenters. The number of ether oxygens (including phenoxy) is 1. The second kappa shape index (κ2) is 9.08. The molecular weight excluding hydrogens is 430 g/mol. The molecule has 154 valence electrons. The SMILES string of the molecule is COc1ccc(C(NC(=O)NCC2CCN(c3cccc(Br)c3)C2)C2CC2)cc1. The highest BCUT2D eigenvalue weighted by Crippen LogP contribution is 2.41. The van der Waals surface area contributed by atoms with E-state index in [1.165, 1.54) is 18.5 Å². The van der Waals surface area contributed by atoms with E-state index in [1.54, 1.807) is 7.11 Å². The van der Waals surface area contributed by atoms with Gasteiger partial charge in [0.2, 0.25) is 0 Å². The van der Waals surface area contributed by atoms with Crippen molar-refractivity contribution in [3.05, 3.63) is 58.6 Å². The summed E-state index contributed by atoms with van der Waals surface area (Å²) in [4.78, 5) is 15.0. The number of anilines is 1. The van der Waals surface area contributed by atoms with Crippen LogP contribution in [0, 0.1) is 11.8 Å². The monoisotopic (exact) mass is 457 g/mol. The van der Waals surface area contributed by atoms with Gasteiger partial charge < -0.3 is 20.3 Å². The number of halogens is 1. The number of hydrogen-bond acceptors (Lipinski definition) is 3. The molecule has 1 aliphatic heterocycles. The highest BCUT2D eigenvalue weighted by molar-refractivity contribution is 9.10. The first-order valence-electron chi connectivity index (χ1n) is 10.3. The van der Waals surface area contributed by atoms with Crippen LogP contribution in [0.15, 0.2) is 53.0 Å². The zero-order chi connectivity index (χ0) is 20.2. The second-order valence-electron chi connectivity index (χ2n) is 8.02. The number of nitrogens with zero attached hydrogens (tertiary/aromatic N) is 1. The predicted molar refractivity (Wildman–Crippen MR) is 119 cm³/mol. The fraction of sp³-hybridized carbons (Fsp3) is 0.435. The van der Waals surface area contributed by atoms with Crippen LogP contribution in [0.3, 0.4) is 0 Å². The van der Waals surface area contributed by atoms with Crippen molar-refractivity contribution in [1.82, 2.24) is 10.6 Å². The third-order valence-corrected chi connectivity index (χ3v) is 6.36. The summed E-state index contributed by atoms with van der Waals surface area (Å²) in [5.41, 5.74) is 2.38. The number of methoxy groups -OCH3 is 1. The standard InChI is InChI=1S/C23H28BrN3O2/c1-29-21-9-7-18(8-10-21)22(17-5-6-17)26-23(28)25-14-16-11-12-27(15-16)20-4-2-3-19(24)13-20/h2-4,7-10,13,16-17,22H,5-6,11-12,14-15H2,1H3,(H2,25,26,28). The first-order chi connectivity index (χ1) is 14.1. The molecule has 1 saturated heterocycles. The summed E-state index contributed by atoms with van der Waals surface area (Å²) in [5, 5.41) is 6.30. The average molecular weight is 458 g/mol. The van der Waals surface area contributed by atoms with Crippen LogP contribution in [-0.2, 0) is 0 Å². The van der Waals surface area contributed by atoms with Crippen molar-refractivity contribution >= 4 is 27.6 Å². The van der Waals surface area contributed by atoms with Gasteiger partial charge in [0.25, 0.3) is 0 Å². The molecule has 1 heterocycles. The van der Waals surface area contributed by atoms with Gasteiger partial charge in [0, 0.05) is 29.8 Å². The smallest absolute Gasteiger partial charge is 0.315 e. The van der Waals surface area contributed by atoms with E-state index in [0.29, 0.717) is 18.4 Å². The molecule has 2 fully saturated rings. The summed E-state index contributed by atoms with van der Waals surface area (Å²) in [6.45, 7) is 2.71. The fourth-order valence-electron chi connectivity index (χ4n) is 4.05. The summed E-state index contributed by atoms with van der Waals surface area (Å²) in [5.74, 6) is 1.84. The highest BCUT2D eigenvalue weighted by Gasteiger charge is 2.33. The Kier molecular flexibility index (Phi) is 6.28. The van der Waals surface area contributed by atoms with Crippen molar-refractivity contribution in [3.63, 3.8) is 0 Å². The van der Waals surface area contributed by atoms with Gasteiger partial charge in [0.15, 0.2) is 0 Å². The number of carbonyl (C=O) groups is 1. The first-order valence-corrected chi connectivity index (χ1v) is 11.1. The van der Waals surface area contributed by atoms with Gasteiger partial charge in [0.05, 0.1) is 13.2 Å². The number of nitrogens with one attached hydrogen (secondary N) is 2. The Morgan fingerprint density at radius 2 is 2.00 bits per heavy atom. The predicted octanol–water partition coefficient (Wildman–Crippen LogP) is 4.73. The van der Waals surface area contributed by atoms with Crippen LogP contribution in [0.1, 0.15) is 30.9 Å². The Morgan fingerprint density at radius 3 is 2.69 bits per heavy atom. The summed E-state index contributed by atoms with van der Waals surface area (Å²) in [6, 6.07) is 16.4. The average Bonchev–Trinajstić information content (AvgIpc) is 3.47. The van der Waals surface area contributed by atoms with E-state index in [1.807, 2.05) is 18.2 Å². The maximum absolute atomic E-state index is 12.6. The second-order valence-corrected chi connectivity index (χ2v) is 8.94. The van der Waals surface area contributed by atoms with Crippen molar-refractivity contribution in [3.8, 4) is 5.75 Å². The molecule has 0 bridgehead atoms. The number of rotatable bonds is 7. The summed E-state index contributed by atoms with van der Waals surface area (Å²) < 4.78 is 6.34. The fourth-order valence-corrected chi connectivity index (χ4v) is 4.44. The minimum absolute atomic E-state index is 0.0707. The van der Waals surface area contributed by atoms with Crippen LogP contribution in [0.5, 0.6) is 5.75 Å². The minimum atomic E-state index is -0.0707. The molecule has 0 aromatic heterocycles. The minimum Gasteiger partial charge on any atom is -0.497 e. The van der Waals surface area contributed by atoms with E-state index < -0.39 is 0 Å². The number of urea groups is 1. The van der Waals surface area contributed by atoms with Crippen LogP contribution in [-0.4, -0.2) is 32.8 Å². The number of amides is 2. The van der Waals surface area contributed by atoms with E-state index in [0.717, 1.165) is 35.3 Å². The van der Waals surface area contributed by atoms with Gasteiger partial charge in [-0.1, -0.05) is 34.1 Å². The van der Waals surface area contributed by atoms with Crippen molar-refractivity contribution in [2.45, 2.75) is 25.3 Å². The van der Waals surface area contributed by atoms with E-state index >= 15 is 0 Å². The largest absolute Gasteiger partial charge is 0.497 e. The Labute approximate surface area is 180 Å². The van der Waals surface area contributed by atoms with Crippen molar-refractivity contribution in [2.24, 2.45) is 11.8 Å².